The summed E-state index contributed by atoms with van der Waals surface area (Å²) in [5.74, 6) is -0.132. The van der Waals surface area contributed by atoms with E-state index >= 15 is 0 Å². The van der Waals surface area contributed by atoms with Crippen molar-refractivity contribution in [3.05, 3.63) is 29.5 Å². The molecule has 0 aliphatic rings. The number of hydrogen-bond donors (Lipinski definition) is 1. The van der Waals surface area contributed by atoms with Gasteiger partial charge in [-0.05, 0) is 26.0 Å². The number of nitrogens with one attached hydrogen (secondary N) is 1. The largest absolute Gasteiger partial charge is 0.460 e. The molecule has 0 saturated heterocycles. The maximum absolute atomic E-state index is 11.7. The van der Waals surface area contributed by atoms with Crippen molar-refractivity contribution in [2.24, 2.45) is 0 Å². The van der Waals surface area contributed by atoms with Crippen LogP contribution in [0, 0.1) is 6.92 Å². The minimum absolute atomic E-state index is 0.282. The number of rotatable bonds is 3. The number of carbonyl (C=O) groups excluding carboxylic acids is 1. The predicted molar refractivity (Wildman–Crippen MR) is 66.5 cm³/mol. The van der Waals surface area contributed by atoms with Gasteiger partial charge in [-0.25, -0.2) is 4.79 Å². The second-order valence-electron chi connectivity index (χ2n) is 3.71. The second kappa shape index (κ2) is 4.49. The molecule has 0 spiro atoms. The zero-order valence-corrected chi connectivity index (χ0v) is 10.2. The predicted octanol–water partition coefficient (Wildman–Crippen LogP) is 2.96. The highest BCUT2D eigenvalue weighted by Gasteiger charge is 2.20. The number of ether oxygens (including phenoxy) is 1. The smallest absolute Gasteiger partial charge is 0.374 e. The quantitative estimate of drug-likeness (QED) is 0.828. The summed E-state index contributed by atoms with van der Waals surface area (Å²) in [6, 6.07) is 5.66. The Kier molecular flexibility index (Phi) is 3.04. The molecule has 1 N–H and O–H groups in total. The van der Waals surface area contributed by atoms with Crippen LogP contribution >= 0.6 is 0 Å². The minimum Gasteiger partial charge on any atom is -0.460 e. The fourth-order valence-electron chi connectivity index (χ4n) is 1.90. The summed E-state index contributed by atoms with van der Waals surface area (Å²) in [7, 11) is 1.84. The van der Waals surface area contributed by atoms with Gasteiger partial charge in [0.1, 0.15) is 5.58 Å². The van der Waals surface area contributed by atoms with Gasteiger partial charge in [-0.3, -0.25) is 0 Å². The van der Waals surface area contributed by atoms with Gasteiger partial charge in [0.15, 0.2) is 0 Å². The zero-order chi connectivity index (χ0) is 12.4. The van der Waals surface area contributed by atoms with Gasteiger partial charge in [-0.1, -0.05) is 6.07 Å². The van der Waals surface area contributed by atoms with Crippen molar-refractivity contribution in [3.63, 3.8) is 0 Å². The molecule has 0 saturated carbocycles. The monoisotopic (exact) mass is 233 g/mol. The highest BCUT2D eigenvalue weighted by Crippen LogP contribution is 2.31. The Bertz CT molecular complexity index is 557. The molecule has 0 fully saturated rings. The molecule has 0 bridgehead atoms. The van der Waals surface area contributed by atoms with Crippen molar-refractivity contribution in [2.45, 2.75) is 13.8 Å². The van der Waals surface area contributed by atoms with Gasteiger partial charge < -0.3 is 14.5 Å². The van der Waals surface area contributed by atoms with E-state index in [1.165, 1.54) is 0 Å². The van der Waals surface area contributed by atoms with E-state index in [0.29, 0.717) is 12.2 Å². The highest BCUT2D eigenvalue weighted by molar-refractivity contribution is 6.01. The Labute approximate surface area is 99.6 Å². The van der Waals surface area contributed by atoms with Gasteiger partial charge in [-0.15, -0.1) is 0 Å². The zero-order valence-electron chi connectivity index (χ0n) is 10.2. The molecule has 1 heterocycles. The number of hydrogen-bond acceptors (Lipinski definition) is 4. The van der Waals surface area contributed by atoms with Crippen LogP contribution in [-0.2, 0) is 4.74 Å². The summed E-state index contributed by atoms with van der Waals surface area (Å²) in [5, 5.41) is 4.01. The van der Waals surface area contributed by atoms with E-state index in [1.54, 1.807) is 6.92 Å². The molecule has 0 amide bonds. The maximum Gasteiger partial charge on any atom is 0.374 e. The SMILES string of the molecule is CCOC(=O)c1oc2cccc(NC)c2c1C. The molecule has 90 valence electrons. The molecule has 0 aliphatic carbocycles. The van der Waals surface area contributed by atoms with Gasteiger partial charge in [0.05, 0.1) is 6.61 Å². The summed E-state index contributed by atoms with van der Waals surface area (Å²) in [6.07, 6.45) is 0. The first-order valence-corrected chi connectivity index (χ1v) is 5.56. The van der Waals surface area contributed by atoms with Gasteiger partial charge >= 0.3 is 5.97 Å². The number of fused-ring (bicyclic) bond motifs is 1. The summed E-state index contributed by atoms with van der Waals surface area (Å²) in [4.78, 5) is 11.7. The van der Waals surface area contributed by atoms with Crippen LogP contribution in [0.15, 0.2) is 22.6 Å². The Balaban J connectivity index is 2.61. The first-order valence-electron chi connectivity index (χ1n) is 5.56. The van der Waals surface area contributed by atoms with Crippen LogP contribution < -0.4 is 5.32 Å². The number of furan rings is 1. The number of esters is 1. The van der Waals surface area contributed by atoms with Crippen LogP contribution in [0.3, 0.4) is 0 Å². The maximum atomic E-state index is 11.7. The average molecular weight is 233 g/mol. The molecule has 0 aliphatic heterocycles. The summed E-state index contributed by atoms with van der Waals surface area (Å²) < 4.78 is 10.5. The molecule has 4 heteroatoms. The molecule has 2 aromatic rings. The number of aryl methyl sites for hydroxylation is 1. The lowest BCUT2D eigenvalue weighted by Gasteiger charge is -2.01. The first-order chi connectivity index (χ1) is 8.19. The number of anilines is 1. The van der Waals surface area contributed by atoms with Crippen molar-refractivity contribution in [1.82, 2.24) is 0 Å². The third-order valence-electron chi connectivity index (χ3n) is 2.68. The molecule has 17 heavy (non-hydrogen) atoms. The van der Waals surface area contributed by atoms with E-state index in [0.717, 1.165) is 16.6 Å². The fraction of sp³-hybridized carbons (Fsp3) is 0.308. The third kappa shape index (κ3) is 1.86. The van der Waals surface area contributed by atoms with Crippen LogP contribution in [-0.4, -0.2) is 19.6 Å². The fourth-order valence-corrected chi connectivity index (χ4v) is 1.90. The summed E-state index contributed by atoms with van der Waals surface area (Å²) in [5.41, 5.74) is 2.44. The van der Waals surface area contributed by atoms with Gasteiger partial charge in [-0.2, -0.15) is 0 Å². The normalized spacial score (nSPS) is 10.5. The van der Waals surface area contributed by atoms with Crippen LogP contribution in [0.2, 0.25) is 0 Å². The van der Waals surface area contributed by atoms with Crippen molar-refractivity contribution in [3.8, 4) is 0 Å². The van der Waals surface area contributed by atoms with E-state index in [-0.39, 0.29) is 5.76 Å². The van der Waals surface area contributed by atoms with Crippen LogP contribution in [0.5, 0.6) is 0 Å². The Morgan fingerprint density at radius 2 is 2.24 bits per heavy atom. The van der Waals surface area contributed by atoms with Crippen LogP contribution in [0.1, 0.15) is 23.0 Å². The molecule has 1 aromatic heterocycles. The first kappa shape index (κ1) is 11.5. The Morgan fingerprint density at radius 3 is 2.88 bits per heavy atom. The highest BCUT2D eigenvalue weighted by atomic mass is 16.5. The lowest BCUT2D eigenvalue weighted by molar-refractivity contribution is 0.0491. The summed E-state index contributed by atoms with van der Waals surface area (Å²) >= 11 is 0. The lowest BCUT2D eigenvalue weighted by atomic mass is 10.1. The molecule has 2 rings (SSSR count). The molecule has 1 aromatic carbocycles. The second-order valence-corrected chi connectivity index (χ2v) is 3.71. The van der Waals surface area contributed by atoms with Crippen molar-refractivity contribution in [2.75, 3.05) is 19.0 Å². The van der Waals surface area contributed by atoms with Gasteiger partial charge in [0.2, 0.25) is 5.76 Å². The van der Waals surface area contributed by atoms with Crippen LogP contribution in [0.25, 0.3) is 11.0 Å². The molecule has 0 radical (unpaired) electrons. The van der Waals surface area contributed by atoms with Gasteiger partial charge in [0.25, 0.3) is 0 Å². The van der Waals surface area contributed by atoms with E-state index in [9.17, 15) is 4.79 Å². The van der Waals surface area contributed by atoms with Crippen molar-refractivity contribution in [1.29, 1.82) is 0 Å². The number of carbonyl (C=O) groups is 1. The minimum atomic E-state index is -0.414. The van der Waals surface area contributed by atoms with E-state index in [2.05, 4.69) is 5.32 Å². The standard InChI is InChI=1S/C13H15NO3/c1-4-16-13(15)12-8(2)11-9(14-3)6-5-7-10(11)17-12/h5-7,14H,4H2,1-3H3. The lowest BCUT2D eigenvalue weighted by Crippen LogP contribution is -2.04. The summed E-state index contributed by atoms with van der Waals surface area (Å²) in [6.45, 7) is 3.97. The molecule has 0 atom stereocenters. The molecule has 0 unspecified atom stereocenters. The number of benzene rings is 1. The van der Waals surface area contributed by atoms with E-state index in [1.807, 2.05) is 32.2 Å². The van der Waals surface area contributed by atoms with E-state index in [4.69, 9.17) is 9.15 Å². The topological polar surface area (TPSA) is 51.5 Å². The van der Waals surface area contributed by atoms with Crippen LogP contribution in [0.4, 0.5) is 5.69 Å². The molecular formula is C13H15NO3. The third-order valence-corrected chi connectivity index (χ3v) is 2.68. The average Bonchev–Trinajstić information content (AvgIpc) is 2.67. The van der Waals surface area contributed by atoms with Crippen molar-refractivity contribution >= 4 is 22.6 Å². The Morgan fingerprint density at radius 1 is 1.47 bits per heavy atom. The van der Waals surface area contributed by atoms with E-state index < -0.39 is 5.97 Å². The molecular weight excluding hydrogens is 218 g/mol. The Hall–Kier alpha value is -1.97. The van der Waals surface area contributed by atoms with Crippen molar-refractivity contribution < 1.29 is 13.9 Å². The van der Waals surface area contributed by atoms with Gasteiger partial charge in [0, 0.05) is 23.7 Å². The molecule has 4 nitrogen and oxygen atoms in total.